The molecule has 0 atom stereocenters. The second kappa shape index (κ2) is 8.93. The van der Waals surface area contributed by atoms with Gasteiger partial charge in [0.2, 0.25) is 0 Å². The zero-order chi connectivity index (χ0) is 11.7. The van der Waals surface area contributed by atoms with Crippen LogP contribution in [0.5, 0.6) is 0 Å². The van der Waals surface area contributed by atoms with Gasteiger partial charge in [0.1, 0.15) is 0 Å². The maximum atomic E-state index is 10.5. The molecule has 0 saturated heterocycles. The van der Waals surface area contributed by atoms with Crippen LogP contribution in [-0.4, -0.2) is 66.1 Å². The Morgan fingerprint density at radius 3 is 2.20 bits per heavy atom. The van der Waals surface area contributed by atoms with Gasteiger partial charge in [-0.3, -0.25) is 14.0 Å². The molecule has 7 heteroatoms. The molecule has 0 rings (SSSR count). The Morgan fingerprint density at radius 1 is 1.13 bits per heavy atom. The largest absolute Gasteiger partial charge is 0.480 e. The van der Waals surface area contributed by atoms with E-state index in [-0.39, 0.29) is 6.54 Å². The molecular formula is C8H20N4O2S. The maximum absolute atomic E-state index is 10.5. The lowest BCUT2D eigenvalue weighted by molar-refractivity contribution is -0.138. The van der Waals surface area contributed by atoms with E-state index in [1.54, 1.807) is 9.21 Å². The lowest BCUT2D eigenvalue weighted by Crippen LogP contribution is -2.39. The minimum absolute atomic E-state index is 0.0153. The van der Waals surface area contributed by atoms with Crippen molar-refractivity contribution in [2.45, 2.75) is 0 Å². The van der Waals surface area contributed by atoms with E-state index in [1.807, 2.05) is 0 Å². The van der Waals surface area contributed by atoms with Crippen molar-refractivity contribution >= 4 is 18.8 Å². The van der Waals surface area contributed by atoms with Crippen LogP contribution in [0.2, 0.25) is 0 Å². The van der Waals surface area contributed by atoms with Crippen molar-refractivity contribution in [3.63, 3.8) is 0 Å². The number of carboxylic acid groups (broad SMARTS) is 1. The Hall–Kier alpha value is -0.340. The molecule has 0 bridgehead atoms. The number of carbonyl (C=O) groups is 1. The van der Waals surface area contributed by atoms with Crippen LogP contribution in [0.15, 0.2) is 0 Å². The number of nitrogens with two attached hydrogens (primary N) is 2. The quantitative estimate of drug-likeness (QED) is 0.362. The molecule has 0 saturated carbocycles. The summed E-state index contributed by atoms with van der Waals surface area (Å²) in [5, 5.41) is 8.64. The van der Waals surface area contributed by atoms with Crippen molar-refractivity contribution in [1.82, 2.24) is 9.21 Å². The van der Waals surface area contributed by atoms with Crippen LogP contribution in [0.4, 0.5) is 0 Å². The molecule has 0 aromatic carbocycles. The smallest absolute Gasteiger partial charge is 0.317 e. The van der Waals surface area contributed by atoms with Crippen molar-refractivity contribution < 1.29 is 9.90 Å². The van der Waals surface area contributed by atoms with Gasteiger partial charge in [0.25, 0.3) is 0 Å². The molecule has 0 aliphatic rings. The highest BCUT2D eigenvalue weighted by atomic mass is 32.1. The molecule has 0 aromatic heterocycles. The summed E-state index contributed by atoms with van der Waals surface area (Å²) >= 11 is 4.19. The van der Waals surface area contributed by atoms with Gasteiger partial charge in [-0.1, -0.05) is 12.8 Å². The minimum Gasteiger partial charge on any atom is -0.480 e. The standard InChI is InChI=1S/C8H20N4O2S/c9-1-3-11(7-8(13)14)5-6-12(15)4-2-10/h15H,1-7,9-10H2,(H,13,14). The van der Waals surface area contributed by atoms with Crippen LogP contribution >= 0.6 is 12.8 Å². The van der Waals surface area contributed by atoms with Crippen LogP contribution in [0.25, 0.3) is 0 Å². The van der Waals surface area contributed by atoms with Gasteiger partial charge in [-0.2, -0.15) is 0 Å². The third-order valence-corrected chi connectivity index (χ3v) is 2.27. The molecule has 0 spiro atoms. The molecule has 6 nitrogen and oxygen atoms in total. The Morgan fingerprint density at radius 2 is 1.73 bits per heavy atom. The molecule has 0 amide bonds. The molecule has 0 fully saturated rings. The lowest BCUT2D eigenvalue weighted by atomic mass is 10.4. The molecular weight excluding hydrogens is 216 g/mol. The Bertz CT molecular complexity index is 182. The minimum atomic E-state index is -0.840. The number of aliphatic carboxylic acids is 1. The summed E-state index contributed by atoms with van der Waals surface area (Å²) in [6, 6.07) is 0. The average molecular weight is 236 g/mol. The van der Waals surface area contributed by atoms with E-state index in [1.165, 1.54) is 0 Å². The van der Waals surface area contributed by atoms with E-state index >= 15 is 0 Å². The highest BCUT2D eigenvalue weighted by Gasteiger charge is 2.09. The topological polar surface area (TPSA) is 95.8 Å². The molecule has 0 radical (unpaired) electrons. The summed E-state index contributed by atoms with van der Waals surface area (Å²) in [5.41, 5.74) is 10.7. The fourth-order valence-corrected chi connectivity index (χ4v) is 1.37. The summed E-state index contributed by atoms with van der Waals surface area (Å²) in [6.45, 7) is 3.58. The molecule has 0 aliphatic heterocycles. The van der Waals surface area contributed by atoms with E-state index in [0.717, 1.165) is 0 Å². The van der Waals surface area contributed by atoms with E-state index in [4.69, 9.17) is 16.6 Å². The van der Waals surface area contributed by atoms with E-state index in [2.05, 4.69) is 12.8 Å². The van der Waals surface area contributed by atoms with Crippen molar-refractivity contribution in [1.29, 1.82) is 0 Å². The molecule has 0 aromatic rings. The Kier molecular flexibility index (Phi) is 8.73. The summed E-state index contributed by atoms with van der Waals surface area (Å²) in [7, 11) is 0. The molecule has 0 heterocycles. The summed E-state index contributed by atoms with van der Waals surface area (Å²) < 4.78 is 1.77. The molecule has 0 unspecified atom stereocenters. The first-order valence-electron chi connectivity index (χ1n) is 4.88. The Labute approximate surface area is 95.7 Å². The molecule has 90 valence electrons. The van der Waals surface area contributed by atoms with E-state index < -0.39 is 5.97 Å². The van der Waals surface area contributed by atoms with Crippen molar-refractivity contribution in [3.05, 3.63) is 0 Å². The third-order valence-electron chi connectivity index (χ3n) is 1.87. The number of hydrogen-bond acceptors (Lipinski definition) is 6. The molecule has 15 heavy (non-hydrogen) atoms. The van der Waals surface area contributed by atoms with Gasteiger partial charge in [0.15, 0.2) is 0 Å². The second-order valence-corrected chi connectivity index (χ2v) is 3.77. The van der Waals surface area contributed by atoms with Crippen LogP contribution in [-0.2, 0) is 4.79 Å². The Balaban J connectivity index is 3.78. The third kappa shape index (κ3) is 8.64. The van der Waals surface area contributed by atoms with Crippen LogP contribution in [0, 0.1) is 0 Å². The first-order chi connectivity index (χ1) is 7.10. The number of rotatable bonds is 9. The maximum Gasteiger partial charge on any atom is 0.317 e. The van der Waals surface area contributed by atoms with E-state index in [0.29, 0.717) is 39.3 Å². The van der Waals surface area contributed by atoms with Gasteiger partial charge < -0.3 is 16.6 Å². The number of nitrogens with zero attached hydrogens (tertiary/aromatic N) is 2. The fraction of sp³-hybridized carbons (Fsp3) is 0.875. The van der Waals surface area contributed by atoms with E-state index in [9.17, 15) is 4.79 Å². The van der Waals surface area contributed by atoms with Gasteiger partial charge in [-0.05, 0) is 0 Å². The number of thiol groups is 1. The van der Waals surface area contributed by atoms with Crippen molar-refractivity contribution in [2.24, 2.45) is 11.5 Å². The zero-order valence-electron chi connectivity index (χ0n) is 8.80. The summed E-state index contributed by atoms with van der Waals surface area (Å²) in [6.07, 6.45) is 0. The zero-order valence-corrected chi connectivity index (χ0v) is 9.70. The van der Waals surface area contributed by atoms with Crippen molar-refractivity contribution in [3.8, 4) is 0 Å². The summed E-state index contributed by atoms with van der Waals surface area (Å²) in [5.74, 6) is -0.840. The van der Waals surface area contributed by atoms with Gasteiger partial charge in [-0.25, -0.2) is 0 Å². The second-order valence-electron chi connectivity index (χ2n) is 3.20. The van der Waals surface area contributed by atoms with Gasteiger partial charge >= 0.3 is 5.97 Å². The van der Waals surface area contributed by atoms with Crippen LogP contribution < -0.4 is 11.5 Å². The molecule has 5 N–H and O–H groups in total. The lowest BCUT2D eigenvalue weighted by Gasteiger charge is -2.22. The van der Waals surface area contributed by atoms with Crippen LogP contribution in [0.1, 0.15) is 0 Å². The molecule has 0 aliphatic carbocycles. The predicted molar refractivity (Wildman–Crippen MR) is 62.7 cm³/mol. The highest BCUT2D eigenvalue weighted by Crippen LogP contribution is 1.94. The SMILES string of the molecule is NCCN(S)CCN(CCN)CC(=O)O. The summed E-state index contributed by atoms with van der Waals surface area (Å²) in [4.78, 5) is 12.3. The monoisotopic (exact) mass is 236 g/mol. The first kappa shape index (κ1) is 14.7. The average Bonchev–Trinajstić information content (AvgIpc) is 2.14. The first-order valence-corrected chi connectivity index (χ1v) is 5.28. The normalized spacial score (nSPS) is 11.3. The van der Waals surface area contributed by atoms with Gasteiger partial charge in [-0.15, -0.1) is 0 Å². The fourth-order valence-electron chi connectivity index (χ4n) is 1.16. The number of hydrogen-bond donors (Lipinski definition) is 4. The highest BCUT2D eigenvalue weighted by molar-refractivity contribution is 7.77. The van der Waals surface area contributed by atoms with Gasteiger partial charge in [0, 0.05) is 39.3 Å². The number of carboxylic acids is 1. The van der Waals surface area contributed by atoms with Crippen molar-refractivity contribution in [2.75, 3.05) is 45.8 Å². The predicted octanol–water partition coefficient (Wildman–Crippen LogP) is -1.56. The van der Waals surface area contributed by atoms with Gasteiger partial charge in [0.05, 0.1) is 6.54 Å². The van der Waals surface area contributed by atoms with Crippen LogP contribution in [0.3, 0.4) is 0 Å².